The van der Waals surface area contributed by atoms with Crippen molar-refractivity contribution in [2.45, 2.75) is 71.1 Å². The monoisotopic (exact) mass is 363 g/mol. The van der Waals surface area contributed by atoms with Crippen LogP contribution in [0.3, 0.4) is 0 Å². The first-order valence-electron chi connectivity index (χ1n) is 8.70. The van der Waals surface area contributed by atoms with E-state index in [1.807, 2.05) is 30.3 Å². The van der Waals surface area contributed by atoms with Crippen LogP contribution in [0.5, 0.6) is 0 Å². The number of carbonyl (C=O) groups excluding carboxylic acids is 2. The first-order chi connectivity index (χ1) is 11.5. The fourth-order valence-corrected chi connectivity index (χ4v) is 3.97. The Hall–Kier alpha value is -1.66. The van der Waals surface area contributed by atoms with E-state index in [0.29, 0.717) is 6.54 Å². The van der Waals surface area contributed by atoms with E-state index in [0.717, 1.165) is 5.56 Å². The molecule has 1 amide bonds. The third kappa shape index (κ3) is 4.70. The minimum absolute atomic E-state index is 0.0175. The lowest BCUT2D eigenvalue weighted by Gasteiger charge is -2.39. The van der Waals surface area contributed by atoms with Gasteiger partial charge in [-0.25, -0.2) is 0 Å². The lowest BCUT2D eigenvalue weighted by molar-refractivity contribution is -0.163. The lowest BCUT2D eigenvalue weighted by atomic mass is 10.2. The van der Waals surface area contributed by atoms with E-state index < -0.39 is 26.6 Å². The smallest absolute Gasteiger partial charge is 0.304 e. The molecule has 138 valence electrons. The molecule has 1 aliphatic heterocycles. The summed E-state index contributed by atoms with van der Waals surface area (Å²) in [4.78, 5) is 25.8. The number of esters is 1. The van der Waals surface area contributed by atoms with Crippen LogP contribution in [0.25, 0.3) is 0 Å². The van der Waals surface area contributed by atoms with E-state index in [2.05, 4.69) is 33.9 Å². The van der Waals surface area contributed by atoms with Crippen LogP contribution in [0.4, 0.5) is 0 Å². The minimum Gasteiger partial charge on any atom is -0.439 e. The molecule has 1 unspecified atom stereocenters. The fraction of sp³-hybridized carbons (Fsp3) is 0.579. The number of hydrogen-bond acceptors (Lipinski definition) is 4. The van der Waals surface area contributed by atoms with Gasteiger partial charge in [0.2, 0.25) is 12.1 Å². The van der Waals surface area contributed by atoms with Gasteiger partial charge in [-0.05, 0) is 23.7 Å². The highest BCUT2D eigenvalue weighted by Crippen LogP contribution is 2.39. The van der Waals surface area contributed by atoms with E-state index in [4.69, 9.17) is 9.16 Å². The summed E-state index contributed by atoms with van der Waals surface area (Å²) in [6.07, 6.45) is -0.836. The van der Waals surface area contributed by atoms with E-state index >= 15 is 0 Å². The Morgan fingerprint density at radius 3 is 2.36 bits per heavy atom. The van der Waals surface area contributed by atoms with Crippen LogP contribution in [0.2, 0.25) is 18.1 Å². The first-order valence-corrected chi connectivity index (χ1v) is 11.6. The molecule has 1 aromatic rings. The van der Waals surface area contributed by atoms with Crippen molar-refractivity contribution < 1.29 is 18.8 Å². The van der Waals surface area contributed by atoms with Crippen molar-refractivity contribution in [3.8, 4) is 0 Å². The van der Waals surface area contributed by atoms with Crippen LogP contribution in [0.1, 0.15) is 39.7 Å². The maximum atomic E-state index is 12.6. The summed E-state index contributed by atoms with van der Waals surface area (Å²) in [6, 6.07) is 9.71. The molecular formula is C19H29NO4Si. The van der Waals surface area contributed by atoms with Gasteiger partial charge < -0.3 is 14.1 Å². The molecule has 1 saturated heterocycles. The number of rotatable bonds is 5. The maximum absolute atomic E-state index is 12.6. The molecule has 0 radical (unpaired) electrons. The van der Waals surface area contributed by atoms with Crippen molar-refractivity contribution in [3.05, 3.63) is 35.9 Å². The summed E-state index contributed by atoms with van der Waals surface area (Å²) in [5.74, 6) is -0.444. The summed E-state index contributed by atoms with van der Waals surface area (Å²) in [5, 5.41) is 0.0175. The van der Waals surface area contributed by atoms with Crippen LogP contribution >= 0.6 is 0 Å². The number of likely N-dealkylation sites (tertiary alicyclic amines) is 1. The summed E-state index contributed by atoms with van der Waals surface area (Å²) < 4.78 is 11.9. The van der Waals surface area contributed by atoms with Crippen LogP contribution in [0.15, 0.2) is 30.3 Å². The Kier molecular flexibility index (Phi) is 5.74. The molecular weight excluding hydrogens is 334 g/mol. The largest absolute Gasteiger partial charge is 0.439 e. The van der Waals surface area contributed by atoms with Gasteiger partial charge in [-0.1, -0.05) is 51.1 Å². The molecule has 0 aliphatic carbocycles. The van der Waals surface area contributed by atoms with Crippen LogP contribution < -0.4 is 0 Å². The quantitative estimate of drug-likeness (QED) is 0.591. The van der Waals surface area contributed by atoms with E-state index in [9.17, 15) is 9.59 Å². The molecule has 1 heterocycles. The van der Waals surface area contributed by atoms with Crippen molar-refractivity contribution >= 4 is 20.2 Å². The first kappa shape index (κ1) is 19.7. The molecule has 1 fully saturated rings. The van der Waals surface area contributed by atoms with Crippen LogP contribution in [-0.4, -0.2) is 37.4 Å². The number of carbonyl (C=O) groups is 2. The third-order valence-corrected chi connectivity index (χ3v) is 9.56. The number of hydrogen-bond donors (Lipinski definition) is 0. The average molecular weight is 364 g/mol. The zero-order valence-electron chi connectivity index (χ0n) is 16.0. The Balaban J connectivity index is 2.23. The van der Waals surface area contributed by atoms with Gasteiger partial charge in [0.25, 0.3) is 0 Å². The fourth-order valence-electron chi connectivity index (χ4n) is 2.66. The Labute approximate surface area is 151 Å². The van der Waals surface area contributed by atoms with Crippen LogP contribution in [-0.2, 0) is 25.3 Å². The zero-order valence-corrected chi connectivity index (χ0v) is 17.0. The average Bonchev–Trinajstić information content (AvgIpc) is 2.74. The van der Waals surface area contributed by atoms with Gasteiger partial charge in [-0.3, -0.25) is 9.59 Å². The topological polar surface area (TPSA) is 55.8 Å². The molecule has 0 N–H and O–H groups in total. The number of amides is 1. The normalized spacial score (nSPS) is 21.5. The molecule has 0 bridgehead atoms. The Morgan fingerprint density at radius 1 is 1.24 bits per heavy atom. The van der Waals surface area contributed by atoms with Gasteiger partial charge in [0, 0.05) is 13.5 Å². The minimum atomic E-state index is -2.08. The highest BCUT2D eigenvalue weighted by molar-refractivity contribution is 6.74. The highest BCUT2D eigenvalue weighted by Gasteiger charge is 2.48. The number of nitrogens with zero attached hydrogens (tertiary/aromatic N) is 1. The summed E-state index contributed by atoms with van der Waals surface area (Å²) in [6.45, 7) is 12.5. The Bertz CT molecular complexity index is 624. The van der Waals surface area contributed by atoms with E-state index in [1.165, 1.54) is 6.92 Å². The predicted octanol–water partition coefficient (Wildman–Crippen LogP) is 3.70. The van der Waals surface area contributed by atoms with Crippen molar-refractivity contribution in [2.75, 3.05) is 0 Å². The van der Waals surface area contributed by atoms with Crippen molar-refractivity contribution in [1.82, 2.24) is 4.90 Å². The summed E-state index contributed by atoms with van der Waals surface area (Å²) in [5.41, 5.74) is 1.00. The van der Waals surface area contributed by atoms with E-state index in [-0.39, 0.29) is 17.4 Å². The predicted molar refractivity (Wildman–Crippen MR) is 99.2 cm³/mol. The molecule has 1 aliphatic rings. The standard InChI is InChI=1S/C19H29NO4Si/c1-14(21)23-18-16(24-25(5,6)19(2,3)4)12-17(22)20(18)13-15-10-8-7-9-11-15/h7-11,16,18H,12-13H2,1-6H3/t16-,18?/m0/s1. The maximum Gasteiger partial charge on any atom is 0.304 e. The summed E-state index contributed by atoms with van der Waals surface area (Å²) in [7, 11) is -2.08. The SMILES string of the molecule is CC(=O)OC1[C@@H](O[Si](C)(C)C(C)(C)C)CC(=O)N1Cc1ccccc1. The second-order valence-electron chi connectivity index (χ2n) is 8.13. The number of benzene rings is 1. The molecule has 0 saturated carbocycles. The van der Waals surface area contributed by atoms with Crippen molar-refractivity contribution in [3.63, 3.8) is 0 Å². The van der Waals surface area contributed by atoms with E-state index in [1.54, 1.807) is 4.90 Å². The zero-order chi connectivity index (χ0) is 18.8. The molecule has 6 heteroatoms. The molecule has 0 aromatic heterocycles. The van der Waals surface area contributed by atoms with Crippen molar-refractivity contribution in [1.29, 1.82) is 0 Å². The van der Waals surface area contributed by atoms with Gasteiger partial charge in [0.15, 0.2) is 8.32 Å². The van der Waals surface area contributed by atoms with Crippen LogP contribution in [0, 0.1) is 0 Å². The molecule has 0 spiro atoms. The third-order valence-electron chi connectivity index (χ3n) is 5.06. The molecule has 2 rings (SSSR count). The molecule has 25 heavy (non-hydrogen) atoms. The number of ether oxygens (including phenoxy) is 1. The van der Waals surface area contributed by atoms with Gasteiger partial charge in [0.05, 0.1) is 6.42 Å². The van der Waals surface area contributed by atoms with Gasteiger partial charge in [-0.2, -0.15) is 0 Å². The lowest BCUT2D eigenvalue weighted by Crippen LogP contribution is -2.48. The second-order valence-corrected chi connectivity index (χ2v) is 12.9. The molecule has 1 aromatic carbocycles. The van der Waals surface area contributed by atoms with Gasteiger partial charge in [-0.15, -0.1) is 0 Å². The summed E-state index contributed by atoms with van der Waals surface area (Å²) >= 11 is 0. The Morgan fingerprint density at radius 2 is 1.84 bits per heavy atom. The second kappa shape index (κ2) is 7.29. The molecule has 5 nitrogen and oxygen atoms in total. The van der Waals surface area contributed by atoms with Crippen molar-refractivity contribution in [2.24, 2.45) is 0 Å². The molecule has 2 atom stereocenters. The van der Waals surface area contributed by atoms with Gasteiger partial charge >= 0.3 is 5.97 Å². The highest BCUT2D eigenvalue weighted by atomic mass is 28.4. The van der Waals surface area contributed by atoms with Gasteiger partial charge in [0.1, 0.15) is 6.10 Å².